The summed E-state index contributed by atoms with van der Waals surface area (Å²) in [5.41, 5.74) is 4.23. The molecule has 0 nitrogen and oxygen atoms in total. The molecule has 0 aliphatic rings. The van der Waals surface area contributed by atoms with Crippen molar-refractivity contribution in [2.24, 2.45) is 0 Å². The summed E-state index contributed by atoms with van der Waals surface area (Å²) in [6.07, 6.45) is 3.69. The first-order valence-corrected chi connectivity index (χ1v) is 7.23. The summed E-state index contributed by atoms with van der Waals surface area (Å²) in [7, 11) is 0. The molecule has 0 aliphatic carbocycles. The molecule has 0 radical (unpaired) electrons. The van der Waals surface area contributed by atoms with Gasteiger partial charge in [0.05, 0.1) is 0 Å². The van der Waals surface area contributed by atoms with E-state index in [1.54, 1.807) is 0 Å². The highest BCUT2D eigenvalue weighted by atomic mass is 127. The fourth-order valence-electron chi connectivity index (χ4n) is 2.07. The second-order valence-electron chi connectivity index (χ2n) is 4.24. The van der Waals surface area contributed by atoms with Gasteiger partial charge >= 0.3 is 0 Å². The predicted molar refractivity (Wildman–Crippen MR) is 83.2 cm³/mol. The van der Waals surface area contributed by atoms with Crippen molar-refractivity contribution < 1.29 is 0 Å². The summed E-state index contributed by atoms with van der Waals surface area (Å²) in [6.45, 7) is 2.25. The van der Waals surface area contributed by atoms with Gasteiger partial charge in [-0.25, -0.2) is 0 Å². The number of halogens is 1. The average molecular weight is 336 g/mol. The first-order valence-electron chi connectivity index (χ1n) is 6.15. The summed E-state index contributed by atoms with van der Waals surface area (Å²) in [6, 6.07) is 17.3. The summed E-state index contributed by atoms with van der Waals surface area (Å²) in [4.78, 5) is 0. The lowest BCUT2D eigenvalue weighted by Crippen LogP contribution is -1.93. The third-order valence-corrected chi connectivity index (χ3v) is 3.86. The topological polar surface area (TPSA) is 0 Å². The predicted octanol–water partition coefficient (Wildman–Crippen LogP) is 5.30. The van der Waals surface area contributed by atoms with Gasteiger partial charge in [0.2, 0.25) is 0 Å². The normalized spacial score (nSPS) is 10.5. The molecule has 2 aromatic carbocycles. The number of hydrogen-bond acceptors (Lipinski definition) is 0. The zero-order valence-electron chi connectivity index (χ0n) is 10.1. The van der Waals surface area contributed by atoms with Gasteiger partial charge in [-0.3, -0.25) is 0 Å². The largest absolute Gasteiger partial charge is 0.0654 e. The lowest BCUT2D eigenvalue weighted by Gasteiger charge is -2.11. The molecule has 2 rings (SSSR count). The van der Waals surface area contributed by atoms with Gasteiger partial charge in [0.15, 0.2) is 0 Å². The maximum Gasteiger partial charge on any atom is 0.0211 e. The Kier molecular flexibility index (Phi) is 4.60. The van der Waals surface area contributed by atoms with Crippen LogP contribution in [-0.4, -0.2) is 0 Å². The van der Waals surface area contributed by atoms with Crippen LogP contribution in [0.5, 0.6) is 0 Å². The van der Waals surface area contributed by atoms with Gasteiger partial charge in [0.1, 0.15) is 0 Å². The molecule has 0 bridgehead atoms. The molecule has 0 atom stereocenters. The molecular weight excluding hydrogens is 319 g/mol. The Morgan fingerprint density at radius 3 is 2.41 bits per heavy atom. The minimum atomic E-state index is 1.18. The van der Waals surface area contributed by atoms with E-state index in [4.69, 9.17) is 0 Å². The molecule has 0 spiro atoms. The van der Waals surface area contributed by atoms with Crippen molar-refractivity contribution in [3.8, 4) is 11.1 Å². The van der Waals surface area contributed by atoms with Crippen LogP contribution in [0.25, 0.3) is 11.1 Å². The zero-order valence-corrected chi connectivity index (χ0v) is 12.3. The number of rotatable bonds is 4. The molecule has 0 fully saturated rings. The van der Waals surface area contributed by atoms with E-state index in [1.807, 2.05) is 0 Å². The van der Waals surface area contributed by atoms with E-state index in [-0.39, 0.29) is 0 Å². The molecule has 0 heterocycles. The molecule has 0 unspecified atom stereocenters. The number of hydrogen-bond donors (Lipinski definition) is 0. The van der Waals surface area contributed by atoms with E-state index in [0.717, 1.165) is 0 Å². The third-order valence-electron chi connectivity index (χ3n) is 2.96. The molecular formula is C16H17I. The van der Waals surface area contributed by atoms with Crippen molar-refractivity contribution in [1.82, 2.24) is 0 Å². The molecule has 0 aliphatic heterocycles. The monoisotopic (exact) mass is 336 g/mol. The number of aryl methyl sites for hydroxylation is 1. The van der Waals surface area contributed by atoms with Crippen molar-refractivity contribution in [2.45, 2.75) is 26.2 Å². The second-order valence-corrected chi connectivity index (χ2v) is 5.41. The van der Waals surface area contributed by atoms with Gasteiger partial charge in [-0.1, -0.05) is 55.8 Å². The Balaban J connectivity index is 2.44. The van der Waals surface area contributed by atoms with E-state index < -0.39 is 0 Å². The molecule has 0 aromatic heterocycles. The fourth-order valence-corrected chi connectivity index (χ4v) is 2.94. The molecule has 0 N–H and O–H groups in total. The highest BCUT2D eigenvalue weighted by Crippen LogP contribution is 2.29. The van der Waals surface area contributed by atoms with Crippen LogP contribution in [0.1, 0.15) is 25.3 Å². The van der Waals surface area contributed by atoms with Gasteiger partial charge in [-0.05, 0) is 58.2 Å². The standard InChI is InChI=1S/C16H17I/c1-2-3-8-13-11-7-12-15(17)16(13)14-9-5-4-6-10-14/h4-7,9-12H,2-3,8H2,1H3. The van der Waals surface area contributed by atoms with Crippen LogP contribution in [-0.2, 0) is 6.42 Å². The van der Waals surface area contributed by atoms with Gasteiger partial charge in [-0.15, -0.1) is 0 Å². The van der Waals surface area contributed by atoms with Gasteiger partial charge in [0.25, 0.3) is 0 Å². The summed E-state index contributed by atoms with van der Waals surface area (Å²) < 4.78 is 1.35. The molecule has 0 saturated heterocycles. The molecule has 0 amide bonds. The molecule has 1 heteroatoms. The maximum atomic E-state index is 2.44. The van der Waals surface area contributed by atoms with Gasteiger partial charge in [0, 0.05) is 3.57 Å². The number of benzene rings is 2. The summed E-state index contributed by atoms with van der Waals surface area (Å²) in [5, 5.41) is 0. The van der Waals surface area contributed by atoms with E-state index in [2.05, 4.69) is 78.0 Å². The Labute approximate surface area is 117 Å². The van der Waals surface area contributed by atoms with E-state index in [1.165, 1.54) is 39.5 Å². The SMILES string of the molecule is CCCCc1cccc(I)c1-c1ccccc1. The van der Waals surface area contributed by atoms with Crippen LogP contribution < -0.4 is 0 Å². The first kappa shape index (κ1) is 12.6. The summed E-state index contributed by atoms with van der Waals surface area (Å²) in [5.74, 6) is 0. The van der Waals surface area contributed by atoms with E-state index in [9.17, 15) is 0 Å². The number of unbranched alkanes of at least 4 members (excludes halogenated alkanes) is 1. The van der Waals surface area contributed by atoms with Crippen LogP contribution in [0.3, 0.4) is 0 Å². The molecule has 88 valence electrons. The Hall–Kier alpha value is -0.830. The van der Waals surface area contributed by atoms with Gasteiger partial charge < -0.3 is 0 Å². The molecule has 17 heavy (non-hydrogen) atoms. The van der Waals surface area contributed by atoms with Crippen LogP contribution in [0, 0.1) is 3.57 Å². The Morgan fingerprint density at radius 1 is 0.941 bits per heavy atom. The molecule has 0 saturated carbocycles. The van der Waals surface area contributed by atoms with Crippen molar-refractivity contribution in [3.05, 3.63) is 57.7 Å². The highest BCUT2D eigenvalue weighted by Gasteiger charge is 2.07. The first-order chi connectivity index (χ1) is 8.33. The van der Waals surface area contributed by atoms with E-state index in [0.29, 0.717) is 0 Å². The minimum Gasteiger partial charge on any atom is -0.0654 e. The van der Waals surface area contributed by atoms with Crippen molar-refractivity contribution in [2.75, 3.05) is 0 Å². The Morgan fingerprint density at radius 2 is 1.71 bits per heavy atom. The van der Waals surface area contributed by atoms with Crippen molar-refractivity contribution >= 4 is 22.6 Å². The summed E-state index contributed by atoms with van der Waals surface area (Å²) >= 11 is 2.44. The zero-order chi connectivity index (χ0) is 12.1. The van der Waals surface area contributed by atoms with Crippen molar-refractivity contribution in [1.29, 1.82) is 0 Å². The second kappa shape index (κ2) is 6.20. The van der Waals surface area contributed by atoms with Crippen LogP contribution in [0.15, 0.2) is 48.5 Å². The van der Waals surface area contributed by atoms with Crippen LogP contribution in [0.4, 0.5) is 0 Å². The lowest BCUT2D eigenvalue weighted by molar-refractivity contribution is 0.796. The Bertz CT molecular complexity index is 474. The van der Waals surface area contributed by atoms with E-state index >= 15 is 0 Å². The average Bonchev–Trinajstić information content (AvgIpc) is 2.37. The minimum absolute atomic E-state index is 1.18. The van der Waals surface area contributed by atoms with Crippen LogP contribution >= 0.6 is 22.6 Å². The van der Waals surface area contributed by atoms with Gasteiger partial charge in [-0.2, -0.15) is 0 Å². The van der Waals surface area contributed by atoms with Crippen LogP contribution in [0.2, 0.25) is 0 Å². The molecule has 2 aromatic rings. The smallest absolute Gasteiger partial charge is 0.0211 e. The third kappa shape index (κ3) is 3.09. The lowest BCUT2D eigenvalue weighted by atomic mass is 9.96. The quantitative estimate of drug-likeness (QED) is 0.665. The highest BCUT2D eigenvalue weighted by molar-refractivity contribution is 14.1. The fraction of sp³-hybridized carbons (Fsp3) is 0.250. The van der Waals surface area contributed by atoms with Crippen molar-refractivity contribution in [3.63, 3.8) is 0 Å². The maximum absolute atomic E-state index is 2.44.